The molecular formula is C14H21BrN2. The summed E-state index contributed by atoms with van der Waals surface area (Å²) in [6.45, 7) is 4.39. The number of anilines is 2. The maximum atomic E-state index is 6.09. The minimum atomic E-state index is 0.560. The number of halogens is 1. The fraction of sp³-hybridized carbons (Fsp3) is 0.571. The first-order chi connectivity index (χ1) is 8.08. The highest BCUT2D eigenvalue weighted by atomic mass is 79.9. The fourth-order valence-corrected chi connectivity index (χ4v) is 3.34. The van der Waals surface area contributed by atoms with Crippen LogP contribution in [0.3, 0.4) is 0 Å². The molecule has 3 N–H and O–H groups in total. The van der Waals surface area contributed by atoms with Gasteiger partial charge in [0.05, 0.1) is 11.4 Å². The molecule has 2 rings (SSSR count). The lowest BCUT2D eigenvalue weighted by atomic mass is 9.86. The molecule has 0 saturated heterocycles. The van der Waals surface area contributed by atoms with Crippen molar-refractivity contribution in [3.8, 4) is 0 Å². The highest BCUT2D eigenvalue weighted by molar-refractivity contribution is 9.10. The van der Waals surface area contributed by atoms with Crippen molar-refractivity contribution in [1.82, 2.24) is 0 Å². The Morgan fingerprint density at radius 2 is 2.00 bits per heavy atom. The van der Waals surface area contributed by atoms with Gasteiger partial charge in [0, 0.05) is 10.5 Å². The molecule has 2 atom stereocenters. The SMILES string of the molecule is Cc1cc(N)c(NC2CCCCC2C)c(Br)c1. The monoisotopic (exact) mass is 296 g/mol. The molecule has 1 aromatic carbocycles. The van der Waals surface area contributed by atoms with Gasteiger partial charge in [0.25, 0.3) is 0 Å². The normalized spacial score (nSPS) is 24.6. The van der Waals surface area contributed by atoms with Crippen LogP contribution in [-0.2, 0) is 0 Å². The van der Waals surface area contributed by atoms with E-state index in [1.54, 1.807) is 0 Å². The van der Waals surface area contributed by atoms with Crippen LogP contribution in [0.25, 0.3) is 0 Å². The van der Waals surface area contributed by atoms with E-state index in [0.717, 1.165) is 21.8 Å². The Bertz CT molecular complexity index is 380. The molecule has 0 spiro atoms. The smallest absolute Gasteiger partial charge is 0.0720 e. The third kappa shape index (κ3) is 2.95. The van der Waals surface area contributed by atoms with Crippen molar-refractivity contribution >= 4 is 27.3 Å². The molecule has 17 heavy (non-hydrogen) atoms. The van der Waals surface area contributed by atoms with Gasteiger partial charge in [0.15, 0.2) is 0 Å². The van der Waals surface area contributed by atoms with Crippen LogP contribution >= 0.6 is 15.9 Å². The van der Waals surface area contributed by atoms with Crippen molar-refractivity contribution < 1.29 is 0 Å². The van der Waals surface area contributed by atoms with E-state index in [-0.39, 0.29) is 0 Å². The molecule has 0 heterocycles. The zero-order valence-corrected chi connectivity index (χ0v) is 12.2. The average molecular weight is 297 g/mol. The van der Waals surface area contributed by atoms with E-state index < -0.39 is 0 Å². The summed E-state index contributed by atoms with van der Waals surface area (Å²) in [7, 11) is 0. The van der Waals surface area contributed by atoms with Gasteiger partial charge in [-0.15, -0.1) is 0 Å². The summed E-state index contributed by atoms with van der Waals surface area (Å²) in [4.78, 5) is 0. The standard InChI is InChI=1S/C14H21BrN2/c1-9-7-11(15)14(12(16)8-9)17-13-6-4-3-5-10(13)2/h7-8,10,13,17H,3-6,16H2,1-2H3. The lowest BCUT2D eigenvalue weighted by Gasteiger charge is -2.31. The van der Waals surface area contributed by atoms with E-state index in [4.69, 9.17) is 5.73 Å². The molecule has 2 nitrogen and oxygen atoms in total. The zero-order valence-electron chi connectivity index (χ0n) is 10.6. The molecule has 1 aliphatic carbocycles. The van der Waals surface area contributed by atoms with Gasteiger partial charge in [0.2, 0.25) is 0 Å². The minimum Gasteiger partial charge on any atom is -0.397 e. The van der Waals surface area contributed by atoms with Gasteiger partial charge in [-0.05, 0) is 59.3 Å². The van der Waals surface area contributed by atoms with E-state index in [0.29, 0.717) is 6.04 Å². The number of aryl methyl sites for hydroxylation is 1. The van der Waals surface area contributed by atoms with Crippen LogP contribution < -0.4 is 11.1 Å². The lowest BCUT2D eigenvalue weighted by Crippen LogP contribution is -2.30. The Kier molecular flexibility index (Phi) is 3.97. The number of nitrogens with two attached hydrogens (primary N) is 1. The number of nitrogen functional groups attached to an aromatic ring is 1. The molecule has 1 aliphatic rings. The second kappa shape index (κ2) is 5.30. The maximum Gasteiger partial charge on any atom is 0.0720 e. The summed E-state index contributed by atoms with van der Waals surface area (Å²) < 4.78 is 1.08. The molecule has 1 saturated carbocycles. The second-order valence-corrected chi connectivity index (χ2v) is 6.08. The van der Waals surface area contributed by atoms with Crippen molar-refractivity contribution in [2.24, 2.45) is 5.92 Å². The third-order valence-corrected chi connectivity index (χ3v) is 4.33. The largest absolute Gasteiger partial charge is 0.397 e. The van der Waals surface area contributed by atoms with Crippen LogP contribution in [-0.4, -0.2) is 6.04 Å². The minimum absolute atomic E-state index is 0.560. The summed E-state index contributed by atoms with van der Waals surface area (Å²) in [5, 5.41) is 3.62. The van der Waals surface area contributed by atoms with E-state index in [1.807, 2.05) is 6.07 Å². The Labute approximate surface area is 112 Å². The van der Waals surface area contributed by atoms with Crippen LogP contribution in [0.1, 0.15) is 38.2 Å². The van der Waals surface area contributed by atoms with Gasteiger partial charge in [-0.1, -0.05) is 19.8 Å². The molecule has 1 fully saturated rings. The third-order valence-electron chi connectivity index (χ3n) is 3.71. The molecule has 94 valence electrons. The summed E-state index contributed by atoms with van der Waals surface area (Å²) in [5.74, 6) is 0.733. The second-order valence-electron chi connectivity index (χ2n) is 5.22. The summed E-state index contributed by atoms with van der Waals surface area (Å²) in [6.07, 6.45) is 5.26. The zero-order chi connectivity index (χ0) is 12.4. The topological polar surface area (TPSA) is 38.0 Å². The lowest BCUT2D eigenvalue weighted by molar-refractivity contribution is 0.349. The predicted molar refractivity (Wildman–Crippen MR) is 78.3 cm³/mol. The van der Waals surface area contributed by atoms with Crippen molar-refractivity contribution in [2.75, 3.05) is 11.1 Å². The molecule has 0 aliphatic heterocycles. The number of hydrogen-bond donors (Lipinski definition) is 2. The van der Waals surface area contributed by atoms with Crippen molar-refractivity contribution in [3.63, 3.8) is 0 Å². The Hall–Kier alpha value is -0.700. The van der Waals surface area contributed by atoms with Crippen molar-refractivity contribution in [2.45, 2.75) is 45.6 Å². The van der Waals surface area contributed by atoms with Crippen LogP contribution in [0, 0.1) is 12.8 Å². The maximum absolute atomic E-state index is 6.09. The van der Waals surface area contributed by atoms with E-state index >= 15 is 0 Å². The molecule has 0 amide bonds. The highest BCUT2D eigenvalue weighted by Crippen LogP contribution is 2.34. The van der Waals surface area contributed by atoms with Crippen LogP contribution in [0.5, 0.6) is 0 Å². The molecule has 2 unspecified atom stereocenters. The van der Waals surface area contributed by atoms with Crippen LogP contribution in [0.2, 0.25) is 0 Å². The first kappa shape index (κ1) is 12.7. The molecule has 1 aromatic rings. The van der Waals surface area contributed by atoms with E-state index in [9.17, 15) is 0 Å². The first-order valence-electron chi connectivity index (χ1n) is 6.40. The molecule has 0 radical (unpaired) electrons. The van der Waals surface area contributed by atoms with Gasteiger partial charge in [0.1, 0.15) is 0 Å². The summed E-state index contributed by atoms with van der Waals surface area (Å²) in [6, 6.07) is 4.71. The predicted octanol–water partition coefficient (Wildman–Crippen LogP) is 4.33. The Morgan fingerprint density at radius 1 is 1.29 bits per heavy atom. The van der Waals surface area contributed by atoms with E-state index in [1.165, 1.54) is 31.2 Å². The van der Waals surface area contributed by atoms with Gasteiger partial charge < -0.3 is 11.1 Å². The van der Waals surface area contributed by atoms with Gasteiger partial charge in [-0.25, -0.2) is 0 Å². The summed E-state index contributed by atoms with van der Waals surface area (Å²) in [5.41, 5.74) is 9.19. The van der Waals surface area contributed by atoms with Crippen LogP contribution in [0.4, 0.5) is 11.4 Å². The Morgan fingerprint density at radius 3 is 2.65 bits per heavy atom. The van der Waals surface area contributed by atoms with E-state index in [2.05, 4.69) is 41.2 Å². The van der Waals surface area contributed by atoms with Crippen molar-refractivity contribution in [1.29, 1.82) is 0 Å². The van der Waals surface area contributed by atoms with Gasteiger partial charge in [-0.3, -0.25) is 0 Å². The quantitative estimate of drug-likeness (QED) is 0.797. The number of nitrogens with one attached hydrogen (secondary N) is 1. The van der Waals surface area contributed by atoms with Crippen LogP contribution in [0.15, 0.2) is 16.6 Å². The molecule has 0 bridgehead atoms. The number of rotatable bonds is 2. The summed E-state index contributed by atoms with van der Waals surface area (Å²) >= 11 is 3.60. The molecular weight excluding hydrogens is 276 g/mol. The van der Waals surface area contributed by atoms with Gasteiger partial charge in [-0.2, -0.15) is 0 Å². The molecule has 0 aromatic heterocycles. The van der Waals surface area contributed by atoms with Gasteiger partial charge >= 0.3 is 0 Å². The first-order valence-corrected chi connectivity index (χ1v) is 7.19. The highest BCUT2D eigenvalue weighted by Gasteiger charge is 2.22. The fourth-order valence-electron chi connectivity index (χ4n) is 2.64. The number of hydrogen-bond acceptors (Lipinski definition) is 2. The average Bonchev–Trinajstić information content (AvgIpc) is 2.25. The number of benzene rings is 1. The molecule has 3 heteroatoms. The van der Waals surface area contributed by atoms with Crippen molar-refractivity contribution in [3.05, 3.63) is 22.2 Å². The Balaban J connectivity index is 2.17.